The van der Waals surface area contributed by atoms with Crippen molar-refractivity contribution in [2.75, 3.05) is 48.8 Å². The Morgan fingerprint density at radius 3 is 2.48 bits per heavy atom. The van der Waals surface area contributed by atoms with Gasteiger partial charge in [-0.05, 0) is 63.9 Å². The number of nitrogens with zero attached hydrogens (tertiary/aromatic N) is 5. The van der Waals surface area contributed by atoms with Gasteiger partial charge in [0.05, 0.1) is 5.69 Å². The summed E-state index contributed by atoms with van der Waals surface area (Å²) in [6.07, 6.45) is 6.60. The maximum Gasteiger partial charge on any atom is 0.229 e. The smallest absolute Gasteiger partial charge is 0.229 e. The van der Waals surface area contributed by atoms with Crippen LogP contribution in [0.25, 0.3) is 0 Å². The van der Waals surface area contributed by atoms with Gasteiger partial charge in [0, 0.05) is 54.2 Å². The van der Waals surface area contributed by atoms with Gasteiger partial charge in [-0.15, -0.1) is 11.3 Å². The van der Waals surface area contributed by atoms with Crippen molar-refractivity contribution in [3.05, 3.63) is 46.6 Å². The Morgan fingerprint density at radius 1 is 0.935 bits per heavy atom. The van der Waals surface area contributed by atoms with Crippen LogP contribution >= 0.6 is 11.3 Å². The number of hydrogen-bond donors (Lipinski definition) is 2. The van der Waals surface area contributed by atoms with Crippen molar-refractivity contribution in [2.24, 2.45) is 0 Å². The third-order valence-electron chi connectivity index (χ3n) is 6.03. The molecule has 3 heterocycles. The summed E-state index contributed by atoms with van der Waals surface area (Å²) < 4.78 is 0. The van der Waals surface area contributed by atoms with E-state index < -0.39 is 0 Å². The van der Waals surface area contributed by atoms with Crippen LogP contribution in [0.5, 0.6) is 0 Å². The number of benzene rings is 1. The van der Waals surface area contributed by atoms with Gasteiger partial charge in [-0.1, -0.05) is 0 Å². The van der Waals surface area contributed by atoms with Crippen molar-refractivity contribution in [1.29, 1.82) is 0 Å². The Balaban J connectivity index is 1.27. The lowest BCUT2D eigenvalue weighted by molar-refractivity contribution is 0.313. The molecule has 2 aliphatic rings. The van der Waals surface area contributed by atoms with E-state index in [9.17, 15) is 0 Å². The zero-order valence-electron chi connectivity index (χ0n) is 18.2. The topological polar surface area (TPSA) is 69.2 Å². The summed E-state index contributed by atoms with van der Waals surface area (Å²) in [5.41, 5.74) is 4.50. The van der Waals surface area contributed by atoms with Crippen molar-refractivity contribution in [3.63, 3.8) is 0 Å². The first-order valence-electron chi connectivity index (χ1n) is 11.0. The maximum absolute atomic E-state index is 4.78. The van der Waals surface area contributed by atoms with Gasteiger partial charge in [-0.25, -0.2) is 9.97 Å². The minimum Gasteiger partial charge on any atom is -0.369 e. The first-order valence-corrected chi connectivity index (χ1v) is 11.9. The summed E-state index contributed by atoms with van der Waals surface area (Å²) >= 11 is 1.75. The quantitative estimate of drug-likeness (QED) is 0.617. The Labute approximate surface area is 187 Å². The van der Waals surface area contributed by atoms with E-state index in [1.54, 1.807) is 11.3 Å². The second-order valence-electron chi connectivity index (χ2n) is 8.41. The van der Waals surface area contributed by atoms with Gasteiger partial charge in [0.1, 0.15) is 5.82 Å². The summed E-state index contributed by atoms with van der Waals surface area (Å²) in [5.74, 6) is 1.39. The number of fused-ring (bicyclic) bond motifs is 1. The number of rotatable bonds is 5. The minimum atomic E-state index is 0.585. The number of thiazole rings is 1. The molecule has 31 heavy (non-hydrogen) atoms. The molecule has 1 aliphatic carbocycles. The predicted molar refractivity (Wildman–Crippen MR) is 128 cm³/mol. The lowest BCUT2D eigenvalue weighted by Crippen LogP contribution is -2.44. The molecule has 0 atom stereocenters. The highest BCUT2D eigenvalue weighted by atomic mass is 32.1. The van der Waals surface area contributed by atoms with Crippen LogP contribution in [-0.4, -0.2) is 53.1 Å². The standard InChI is InChI=1S/C23H29N7S/c1-16-15-24-22(27-21(16)28-23-26-19-5-3-4-6-20(19)31-23)25-17-7-9-18(10-8-17)30-13-11-29(2)12-14-30/h7-10,15H,3-6,11-14H2,1-2H3,(H2,24,25,26,27,28). The predicted octanol–water partition coefficient (Wildman–Crippen LogP) is 4.36. The zero-order chi connectivity index (χ0) is 21.2. The minimum absolute atomic E-state index is 0.585. The number of anilines is 5. The van der Waals surface area contributed by atoms with E-state index in [0.717, 1.165) is 61.2 Å². The fourth-order valence-corrected chi connectivity index (χ4v) is 5.13. The molecule has 1 aromatic carbocycles. The second-order valence-corrected chi connectivity index (χ2v) is 9.49. The van der Waals surface area contributed by atoms with Gasteiger partial charge >= 0.3 is 0 Å². The molecule has 0 spiro atoms. The molecule has 1 fully saturated rings. The van der Waals surface area contributed by atoms with E-state index in [4.69, 9.17) is 9.97 Å². The van der Waals surface area contributed by atoms with Crippen LogP contribution in [0.2, 0.25) is 0 Å². The molecule has 162 valence electrons. The van der Waals surface area contributed by atoms with Gasteiger partial charge in [0.2, 0.25) is 5.95 Å². The van der Waals surface area contributed by atoms with Crippen LogP contribution in [0, 0.1) is 6.92 Å². The van der Waals surface area contributed by atoms with Crippen LogP contribution in [0.15, 0.2) is 30.5 Å². The van der Waals surface area contributed by atoms with Crippen LogP contribution in [0.1, 0.15) is 29.0 Å². The summed E-state index contributed by atoms with van der Waals surface area (Å²) in [5, 5.41) is 7.68. The monoisotopic (exact) mass is 435 g/mol. The molecule has 1 saturated heterocycles. The lowest BCUT2D eigenvalue weighted by atomic mass is 10.0. The number of aryl methyl sites for hydroxylation is 3. The highest BCUT2D eigenvalue weighted by Crippen LogP contribution is 2.31. The van der Waals surface area contributed by atoms with E-state index in [2.05, 4.69) is 56.7 Å². The summed E-state index contributed by atoms with van der Waals surface area (Å²) in [4.78, 5) is 20.2. The average molecular weight is 436 g/mol. The molecule has 0 amide bonds. The zero-order valence-corrected chi connectivity index (χ0v) is 19.0. The van der Waals surface area contributed by atoms with Crippen molar-refractivity contribution in [3.8, 4) is 0 Å². The van der Waals surface area contributed by atoms with E-state index in [1.807, 2.05) is 13.1 Å². The SMILES string of the molecule is Cc1cnc(Nc2ccc(N3CCN(C)CC3)cc2)nc1Nc1nc2c(s1)CCCC2. The summed E-state index contributed by atoms with van der Waals surface area (Å²) in [7, 11) is 2.18. The van der Waals surface area contributed by atoms with Gasteiger partial charge < -0.3 is 20.4 Å². The van der Waals surface area contributed by atoms with Crippen molar-refractivity contribution < 1.29 is 0 Å². The van der Waals surface area contributed by atoms with Crippen LogP contribution in [-0.2, 0) is 12.8 Å². The molecular formula is C23H29N7S. The van der Waals surface area contributed by atoms with Crippen molar-refractivity contribution in [1.82, 2.24) is 19.9 Å². The van der Waals surface area contributed by atoms with Gasteiger partial charge in [0.15, 0.2) is 5.13 Å². The molecule has 0 saturated carbocycles. The largest absolute Gasteiger partial charge is 0.369 e. The number of aromatic nitrogens is 3. The Bertz CT molecular complexity index is 1020. The first kappa shape index (κ1) is 20.2. The number of hydrogen-bond acceptors (Lipinski definition) is 8. The molecule has 2 N–H and O–H groups in total. The Morgan fingerprint density at radius 2 is 1.71 bits per heavy atom. The van der Waals surface area contributed by atoms with E-state index in [1.165, 1.54) is 29.1 Å². The van der Waals surface area contributed by atoms with E-state index in [-0.39, 0.29) is 0 Å². The van der Waals surface area contributed by atoms with E-state index in [0.29, 0.717) is 5.95 Å². The number of nitrogens with one attached hydrogen (secondary N) is 2. The van der Waals surface area contributed by atoms with Crippen LogP contribution in [0.4, 0.5) is 28.3 Å². The van der Waals surface area contributed by atoms with Crippen LogP contribution in [0.3, 0.4) is 0 Å². The third kappa shape index (κ3) is 4.65. The summed E-state index contributed by atoms with van der Waals surface area (Å²) in [6, 6.07) is 8.53. The van der Waals surface area contributed by atoms with Crippen molar-refractivity contribution in [2.45, 2.75) is 32.6 Å². The molecule has 1 aliphatic heterocycles. The average Bonchev–Trinajstić information content (AvgIpc) is 3.20. The Kier molecular flexibility index (Phi) is 5.74. The molecule has 2 aromatic heterocycles. The summed E-state index contributed by atoms with van der Waals surface area (Å²) in [6.45, 7) is 6.37. The maximum atomic E-state index is 4.78. The van der Waals surface area contributed by atoms with Crippen molar-refractivity contribution >= 4 is 39.6 Å². The highest BCUT2D eigenvalue weighted by molar-refractivity contribution is 7.15. The molecule has 8 heteroatoms. The normalized spacial score (nSPS) is 16.8. The van der Waals surface area contributed by atoms with Gasteiger partial charge in [-0.3, -0.25) is 0 Å². The Hall–Kier alpha value is -2.71. The van der Waals surface area contributed by atoms with Crippen LogP contribution < -0.4 is 15.5 Å². The molecule has 5 rings (SSSR count). The fraction of sp³-hybridized carbons (Fsp3) is 0.435. The van der Waals surface area contributed by atoms with E-state index >= 15 is 0 Å². The number of piperazine rings is 1. The molecule has 0 unspecified atom stereocenters. The molecular weight excluding hydrogens is 406 g/mol. The highest BCUT2D eigenvalue weighted by Gasteiger charge is 2.17. The third-order valence-corrected chi connectivity index (χ3v) is 7.11. The lowest BCUT2D eigenvalue weighted by Gasteiger charge is -2.34. The molecule has 0 bridgehead atoms. The second kappa shape index (κ2) is 8.80. The molecule has 7 nitrogen and oxygen atoms in total. The first-order chi connectivity index (χ1) is 15.1. The molecule has 0 radical (unpaired) electrons. The van der Waals surface area contributed by atoms with Gasteiger partial charge in [-0.2, -0.15) is 4.98 Å². The fourth-order valence-electron chi connectivity index (χ4n) is 4.08. The number of likely N-dealkylation sites (N-methyl/N-ethyl adjacent to an activating group) is 1. The molecule has 3 aromatic rings. The van der Waals surface area contributed by atoms with Gasteiger partial charge in [0.25, 0.3) is 0 Å².